The molecule has 174 valence electrons. The third-order valence-electron chi connectivity index (χ3n) is 7.13. The Morgan fingerprint density at radius 1 is 1.00 bits per heavy atom. The molecule has 1 saturated carbocycles. The van der Waals surface area contributed by atoms with Crippen LogP contribution in [0, 0.1) is 0 Å². The van der Waals surface area contributed by atoms with Crippen LogP contribution < -0.4 is 10.2 Å². The average Bonchev–Trinajstić information content (AvgIpc) is 3.50. The zero-order chi connectivity index (χ0) is 22.8. The van der Waals surface area contributed by atoms with Gasteiger partial charge in [-0.15, -0.1) is 0 Å². The first-order valence-corrected chi connectivity index (χ1v) is 12.5. The second-order valence-corrected chi connectivity index (χ2v) is 9.76. The lowest BCUT2D eigenvalue weighted by atomic mass is 10.00. The minimum Gasteiger partial charge on any atom is -0.380 e. The fraction of sp³-hybridized carbons (Fsp3) is 0.481. The van der Waals surface area contributed by atoms with Crippen molar-refractivity contribution in [3.05, 3.63) is 54.9 Å². The van der Waals surface area contributed by atoms with Crippen LogP contribution in [0.25, 0.3) is 10.9 Å². The van der Waals surface area contributed by atoms with Gasteiger partial charge in [0.2, 0.25) is 0 Å². The van der Waals surface area contributed by atoms with E-state index in [1.165, 1.54) is 25.7 Å². The highest BCUT2D eigenvalue weighted by Gasteiger charge is 2.34. The van der Waals surface area contributed by atoms with E-state index in [1.807, 2.05) is 47.6 Å². The Morgan fingerprint density at radius 3 is 2.48 bits per heavy atom. The fourth-order valence-corrected chi connectivity index (χ4v) is 5.59. The van der Waals surface area contributed by atoms with Crippen LogP contribution in [0.3, 0.4) is 0 Å². The van der Waals surface area contributed by atoms with Crippen molar-refractivity contribution in [3.8, 4) is 0 Å². The van der Waals surface area contributed by atoms with Crippen LogP contribution in [0.15, 0.2) is 54.9 Å². The molecule has 0 atom stereocenters. The molecular formula is C27H35N5O. The Bertz CT molecular complexity index is 1090. The number of piperidine rings is 1. The van der Waals surface area contributed by atoms with Gasteiger partial charge in [-0.2, -0.15) is 0 Å². The number of fused-ring (bicyclic) bond motifs is 1. The van der Waals surface area contributed by atoms with E-state index in [1.54, 1.807) is 4.57 Å². The summed E-state index contributed by atoms with van der Waals surface area (Å²) in [6, 6.07) is 15.7. The number of likely N-dealkylation sites (tertiary alicyclic amines) is 1. The summed E-state index contributed by atoms with van der Waals surface area (Å²) < 4.78 is 1.80. The average molecular weight is 446 g/mol. The largest absolute Gasteiger partial charge is 0.380 e. The minimum atomic E-state index is 0.0852. The molecule has 1 aliphatic heterocycles. The smallest absolute Gasteiger partial charge is 0.328 e. The van der Waals surface area contributed by atoms with Crippen molar-refractivity contribution >= 4 is 28.4 Å². The molecule has 0 radical (unpaired) electrons. The van der Waals surface area contributed by atoms with E-state index in [2.05, 4.69) is 36.2 Å². The third-order valence-corrected chi connectivity index (χ3v) is 7.13. The van der Waals surface area contributed by atoms with Crippen molar-refractivity contribution in [2.75, 3.05) is 23.3 Å². The Balaban J connectivity index is 1.35. The first kappa shape index (κ1) is 21.8. The number of anilines is 2. The van der Waals surface area contributed by atoms with Crippen LogP contribution in [-0.4, -0.2) is 51.7 Å². The maximum absolute atomic E-state index is 13.3. The van der Waals surface area contributed by atoms with Gasteiger partial charge in [0.05, 0.1) is 11.2 Å². The van der Waals surface area contributed by atoms with Crippen molar-refractivity contribution in [3.63, 3.8) is 0 Å². The first-order chi connectivity index (χ1) is 16.1. The maximum atomic E-state index is 13.3. The van der Waals surface area contributed by atoms with Gasteiger partial charge in [-0.25, -0.2) is 9.78 Å². The number of carbonyl (C=O) groups excluding carboxylic acids is 1. The number of nitrogens with zero attached hydrogens (tertiary/aromatic N) is 4. The topological polar surface area (TPSA) is 53.4 Å². The number of amides is 1. The summed E-state index contributed by atoms with van der Waals surface area (Å²) >= 11 is 0. The molecule has 33 heavy (non-hydrogen) atoms. The summed E-state index contributed by atoms with van der Waals surface area (Å²) in [6.45, 7) is 5.90. The molecule has 1 aliphatic carbocycles. The molecule has 2 aliphatic rings. The number of aromatic nitrogens is 2. The molecule has 1 N–H and O–H groups in total. The lowest BCUT2D eigenvalue weighted by Gasteiger charge is -2.43. The molecule has 3 heterocycles. The van der Waals surface area contributed by atoms with Crippen molar-refractivity contribution in [1.29, 1.82) is 0 Å². The lowest BCUT2D eigenvalue weighted by Crippen LogP contribution is -2.51. The van der Waals surface area contributed by atoms with Gasteiger partial charge >= 0.3 is 6.03 Å². The summed E-state index contributed by atoms with van der Waals surface area (Å²) in [4.78, 5) is 22.8. The summed E-state index contributed by atoms with van der Waals surface area (Å²) in [5, 5.41) is 4.71. The van der Waals surface area contributed by atoms with Gasteiger partial charge in [-0.3, -0.25) is 4.57 Å². The molecule has 6 nitrogen and oxygen atoms in total. The van der Waals surface area contributed by atoms with Crippen LogP contribution in [-0.2, 0) is 0 Å². The molecular weight excluding hydrogens is 410 g/mol. The van der Waals surface area contributed by atoms with E-state index < -0.39 is 0 Å². The molecule has 3 aromatic rings. The second kappa shape index (κ2) is 9.46. The Hall–Kier alpha value is -3.02. The number of carbonyl (C=O) groups is 1. The van der Waals surface area contributed by atoms with Crippen LogP contribution in [0.4, 0.5) is 16.3 Å². The van der Waals surface area contributed by atoms with Crippen LogP contribution in [0.5, 0.6) is 0 Å². The van der Waals surface area contributed by atoms with Gasteiger partial charge in [-0.05, 0) is 63.8 Å². The minimum absolute atomic E-state index is 0.0852. The van der Waals surface area contributed by atoms with Crippen molar-refractivity contribution in [2.45, 2.75) is 70.5 Å². The van der Waals surface area contributed by atoms with Crippen molar-refractivity contribution in [2.24, 2.45) is 0 Å². The summed E-state index contributed by atoms with van der Waals surface area (Å²) in [6.07, 6.45) is 10.8. The van der Waals surface area contributed by atoms with Gasteiger partial charge in [0.25, 0.3) is 0 Å². The van der Waals surface area contributed by atoms with Gasteiger partial charge in [0.1, 0.15) is 0 Å². The molecule has 5 rings (SSSR count). The number of benzene rings is 1. The van der Waals surface area contributed by atoms with E-state index in [0.717, 1.165) is 48.3 Å². The number of pyridine rings is 1. The number of hydrogen-bond donors (Lipinski definition) is 1. The summed E-state index contributed by atoms with van der Waals surface area (Å²) in [7, 11) is 0. The number of nitrogens with one attached hydrogen (secondary N) is 1. The molecule has 6 heteroatoms. The van der Waals surface area contributed by atoms with Crippen LogP contribution in [0.1, 0.15) is 52.4 Å². The maximum Gasteiger partial charge on any atom is 0.328 e. The monoisotopic (exact) mass is 445 g/mol. The molecule has 2 aromatic heterocycles. The fourth-order valence-electron chi connectivity index (χ4n) is 5.59. The molecule has 1 aromatic carbocycles. The molecule has 1 amide bonds. The predicted octanol–water partition coefficient (Wildman–Crippen LogP) is 5.74. The summed E-state index contributed by atoms with van der Waals surface area (Å²) in [5.41, 5.74) is 2.10. The lowest BCUT2D eigenvalue weighted by molar-refractivity contribution is 0.181. The standard InChI is InChI=1S/C27H35N5O/c1-20(2)29-24-11-7-16-28-26(24)32(22-9-4-5-10-22)23-14-17-30(18-15-23)27(33)31-19-13-21-8-3-6-12-25(21)31/h3,6-8,11-13,16,19-20,22-23,29H,4-5,9-10,14-15,17-18H2,1-2H3. The Morgan fingerprint density at radius 2 is 1.73 bits per heavy atom. The Kier molecular flexibility index (Phi) is 6.25. The molecule has 0 bridgehead atoms. The Labute approximate surface area is 196 Å². The number of para-hydroxylation sites is 1. The van der Waals surface area contributed by atoms with E-state index in [-0.39, 0.29) is 6.03 Å². The molecule has 0 spiro atoms. The van der Waals surface area contributed by atoms with E-state index in [0.29, 0.717) is 18.1 Å². The highest BCUT2D eigenvalue weighted by molar-refractivity contribution is 5.91. The number of rotatable bonds is 5. The SMILES string of the molecule is CC(C)Nc1cccnc1N(C1CCCC1)C1CCN(C(=O)n2ccc3ccccc32)CC1. The van der Waals surface area contributed by atoms with E-state index in [9.17, 15) is 4.79 Å². The number of hydrogen-bond acceptors (Lipinski definition) is 4. The quantitative estimate of drug-likeness (QED) is 0.544. The second-order valence-electron chi connectivity index (χ2n) is 9.76. The molecule has 1 saturated heterocycles. The van der Waals surface area contributed by atoms with Crippen molar-refractivity contribution < 1.29 is 4.79 Å². The van der Waals surface area contributed by atoms with Gasteiger partial charge in [-0.1, -0.05) is 31.0 Å². The van der Waals surface area contributed by atoms with Gasteiger partial charge < -0.3 is 15.1 Å². The van der Waals surface area contributed by atoms with Crippen molar-refractivity contribution in [1.82, 2.24) is 14.5 Å². The van der Waals surface area contributed by atoms with E-state index in [4.69, 9.17) is 4.98 Å². The van der Waals surface area contributed by atoms with Crippen LogP contribution in [0.2, 0.25) is 0 Å². The molecule has 2 fully saturated rings. The summed E-state index contributed by atoms with van der Waals surface area (Å²) in [5.74, 6) is 1.08. The molecule has 0 unspecified atom stereocenters. The zero-order valence-corrected chi connectivity index (χ0v) is 19.8. The van der Waals surface area contributed by atoms with Gasteiger partial charge in [0.15, 0.2) is 5.82 Å². The zero-order valence-electron chi connectivity index (χ0n) is 19.8. The third kappa shape index (κ3) is 4.43. The van der Waals surface area contributed by atoms with Gasteiger partial charge in [0, 0.05) is 49.0 Å². The van der Waals surface area contributed by atoms with E-state index >= 15 is 0 Å². The predicted molar refractivity (Wildman–Crippen MR) is 135 cm³/mol. The highest BCUT2D eigenvalue weighted by atomic mass is 16.2. The normalized spacial score (nSPS) is 17.7. The van der Waals surface area contributed by atoms with Crippen LogP contribution >= 0.6 is 0 Å². The highest BCUT2D eigenvalue weighted by Crippen LogP contribution is 2.36. The first-order valence-electron chi connectivity index (χ1n) is 12.5.